The van der Waals surface area contributed by atoms with Gasteiger partial charge in [-0.25, -0.2) is 0 Å². The van der Waals surface area contributed by atoms with Gasteiger partial charge >= 0.3 is 0 Å². The quantitative estimate of drug-likeness (QED) is 0.846. The number of nitrogens with one attached hydrogen (secondary N) is 1. The molecule has 2 aromatic carbocycles. The fraction of sp³-hybridized carbons (Fsp3) is 0.188. The highest BCUT2D eigenvalue weighted by molar-refractivity contribution is 6.31. The molecule has 104 valence electrons. The maximum Gasteiger partial charge on any atom is 0.252 e. The lowest BCUT2D eigenvalue weighted by Crippen LogP contribution is -2.27. The van der Waals surface area contributed by atoms with Crippen molar-refractivity contribution in [2.24, 2.45) is 0 Å². The van der Waals surface area contributed by atoms with E-state index in [0.717, 1.165) is 11.1 Å². The van der Waals surface area contributed by atoms with Crippen LogP contribution in [0.2, 0.25) is 5.02 Å². The number of carbonyl (C=O) groups is 1. The van der Waals surface area contributed by atoms with E-state index >= 15 is 0 Å². The third-order valence-electron chi connectivity index (χ3n) is 3.34. The predicted molar refractivity (Wildman–Crippen MR) is 82.9 cm³/mol. The first-order valence-corrected chi connectivity index (χ1v) is 6.79. The molecule has 0 aliphatic carbocycles. The van der Waals surface area contributed by atoms with E-state index in [1.165, 1.54) is 0 Å². The Labute approximate surface area is 123 Å². The maximum atomic E-state index is 12.3. The van der Waals surface area contributed by atoms with Crippen molar-refractivity contribution in [3.05, 3.63) is 64.2 Å². The van der Waals surface area contributed by atoms with Gasteiger partial charge in [-0.2, -0.15) is 0 Å². The first-order valence-electron chi connectivity index (χ1n) is 6.41. The molecule has 0 saturated heterocycles. The largest absolute Gasteiger partial charge is 0.398 e. The highest BCUT2D eigenvalue weighted by Crippen LogP contribution is 2.23. The second-order valence-corrected chi connectivity index (χ2v) is 5.14. The molecule has 0 fully saturated rings. The summed E-state index contributed by atoms with van der Waals surface area (Å²) in [6, 6.07) is 12.6. The zero-order chi connectivity index (χ0) is 14.7. The van der Waals surface area contributed by atoms with E-state index < -0.39 is 0 Å². The number of anilines is 1. The Morgan fingerprint density at radius 1 is 1.20 bits per heavy atom. The first-order chi connectivity index (χ1) is 9.50. The molecule has 4 heteroatoms. The molecule has 0 bridgehead atoms. The van der Waals surface area contributed by atoms with E-state index in [0.29, 0.717) is 16.3 Å². The Morgan fingerprint density at radius 3 is 2.60 bits per heavy atom. The lowest BCUT2D eigenvalue weighted by molar-refractivity contribution is 0.0939. The molecule has 3 N–H and O–H groups in total. The van der Waals surface area contributed by atoms with Crippen LogP contribution in [0.4, 0.5) is 5.69 Å². The van der Waals surface area contributed by atoms with E-state index in [-0.39, 0.29) is 11.9 Å². The molecule has 0 radical (unpaired) electrons. The van der Waals surface area contributed by atoms with E-state index in [1.807, 2.05) is 38.1 Å². The van der Waals surface area contributed by atoms with Crippen molar-refractivity contribution in [2.75, 3.05) is 5.73 Å². The molecule has 3 nitrogen and oxygen atoms in total. The average Bonchev–Trinajstić information content (AvgIpc) is 2.42. The van der Waals surface area contributed by atoms with Gasteiger partial charge in [0.05, 0.1) is 6.04 Å². The van der Waals surface area contributed by atoms with Crippen LogP contribution < -0.4 is 11.1 Å². The van der Waals surface area contributed by atoms with Crippen molar-refractivity contribution in [3.63, 3.8) is 0 Å². The standard InChI is InChI=1S/C16H17ClN2O/c1-10-12(7-5-9-15(10)18)16(20)19-11(2)13-6-3-4-8-14(13)17/h3-9,11H,18H2,1-2H3,(H,19,20)/t11-/m0/s1. The molecule has 0 saturated carbocycles. The van der Waals surface area contributed by atoms with Gasteiger partial charge in [-0.3, -0.25) is 4.79 Å². The Balaban J connectivity index is 2.20. The lowest BCUT2D eigenvalue weighted by Gasteiger charge is -2.17. The molecular weight excluding hydrogens is 272 g/mol. The van der Waals surface area contributed by atoms with Gasteiger partial charge in [-0.1, -0.05) is 35.9 Å². The summed E-state index contributed by atoms with van der Waals surface area (Å²) >= 11 is 6.13. The summed E-state index contributed by atoms with van der Waals surface area (Å²) in [4.78, 5) is 12.3. The molecule has 0 aliphatic rings. The van der Waals surface area contributed by atoms with Gasteiger partial charge in [0.25, 0.3) is 5.91 Å². The van der Waals surface area contributed by atoms with E-state index in [1.54, 1.807) is 18.2 Å². The van der Waals surface area contributed by atoms with Gasteiger partial charge in [0, 0.05) is 16.3 Å². The third kappa shape index (κ3) is 2.94. The molecule has 1 atom stereocenters. The van der Waals surface area contributed by atoms with Gasteiger partial charge in [0.2, 0.25) is 0 Å². The van der Waals surface area contributed by atoms with Crippen molar-refractivity contribution in [1.82, 2.24) is 5.32 Å². The second-order valence-electron chi connectivity index (χ2n) is 4.74. The second kappa shape index (κ2) is 5.97. The number of hydrogen-bond acceptors (Lipinski definition) is 2. The SMILES string of the molecule is Cc1c(N)cccc1C(=O)N[C@@H](C)c1ccccc1Cl. The van der Waals surface area contributed by atoms with Crippen LogP contribution in [0.25, 0.3) is 0 Å². The third-order valence-corrected chi connectivity index (χ3v) is 3.68. The van der Waals surface area contributed by atoms with Crippen molar-refractivity contribution in [1.29, 1.82) is 0 Å². The molecule has 2 aromatic rings. The zero-order valence-corrected chi connectivity index (χ0v) is 12.2. The Bertz CT molecular complexity index is 640. The van der Waals surface area contributed by atoms with Gasteiger partial charge < -0.3 is 11.1 Å². The smallest absolute Gasteiger partial charge is 0.252 e. The molecule has 1 amide bonds. The zero-order valence-electron chi connectivity index (χ0n) is 11.5. The van der Waals surface area contributed by atoms with Crippen molar-refractivity contribution in [3.8, 4) is 0 Å². The van der Waals surface area contributed by atoms with Crippen LogP contribution in [0.5, 0.6) is 0 Å². The van der Waals surface area contributed by atoms with Gasteiger partial charge in [0.1, 0.15) is 0 Å². The Hall–Kier alpha value is -2.00. The molecule has 0 heterocycles. The predicted octanol–water partition coefficient (Wildman–Crippen LogP) is 3.72. The van der Waals surface area contributed by atoms with E-state index in [4.69, 9.17) is 17.3 Å². The Morgan fingerprint density at radius 2 is 1.90 bits per heavy atom. The number of benzene rings is 2. The van der Waals surface area contributed by atoms with Crippen LogP contribution in [0.3, 0.4) is 0 Å². The number of hydrogen-bond donors (Lipinski definition) is 2. The van der Waals surface area contributed by atoms with Gasteiger partial charge in [0.15, 0.2) is 0 Å². The number of nitrogen functional groups attached to an aromatic ring is 1. The van der Waals surface area contributed by atoms with Crippen LogP contribution in [0.1, 0.15) is 34.5 Å². The molecule has 20 heavy (non-hydrogen) atoms. The highest BCUT2D eigenvalue weighted by Gasteiger charge is 2.15. The molecule has 2 rings (SSSR count). The van der Waals surface area contributed by atoms with Gasteiger partial charge in [-0.15, -0.1) is 0 Å². The number of carbonyl (C=O) groups excluding carboxylic acids is 1. The number of nitrogens with two attached hydrogens (primary N) is 1. The Kier molecular flexibility index (Phi) is 4.30. The van der Waals surface area contributed by atoms with Crippen LogP contribution >= 0.6 is 11.6 Å². The average molecular weight is 289 g/mol. The minimum atomic E-state index is -0.169. The minimum absolute atomic E-state index is 0.151. The molecule has 0 spiro atoms. The summed E-state index contributed by atoms with van der Waals surface area (Å²) < 4.78 is 0. The first kappa shape index (κ1) is 14.4. The summed E-state index contributed by atoms with van der Waals surface area (Å²) in [5, 5.41) is 3.59. The molecule has 0 unspecified atom stereocenters. The van der Waals surface area contributed by atoms with Crippen LogP contribution in [-0.2, 0) is 0 Å². The summed E-state index contributed by atoms with van der Waals surface area (Å²) in [7, 11) is 0. The van der Waals surface area contributed by atoms with E-state index in [2.05, 4.69) is 5.32 Å². The summed E-state index contributed by atoms with van der Waals surface area (Å²) in [6.07, 6.45) is 0. The number of halogens is 1. The lowest BCUT2D eigenvalue weighted by atomic mass is 10.0. The summed E-state index contributed by atoms with van der Waals surface area (Å²) in [5.74, 6) is -0.151. The normalized spacial score (nSPS) is 11.9. The fourth-order valence-corrected chi connectivity index (χ4v) is 2.38. The topological polar surface area (TPSA) is 55.1 Å². The molecule has 0 aromatic heterocycles. The molecule has 0 aliphatic heterocycles. The van der Waals surface area contributed by atoms with Crippen molar-refractivity contribution < 1.29 is 4.79 Å². The highest BCUT2D eigenvalue weighted by atomic mass is 35.5. The summed E-state index contributed by atoms with van der Waals surface area (Å²) in [6.45, 7) is 3.74. The molecular formula is C16H17ClN2O. The monoisotopic (exact) mass is 288 g/mol. The maximum absolute atomic E-state index is 12.3. The number of amides is 1. The summed E-state index contributed by atoms with van der Waals surface area (Å²) in [5.41, 5.74) is 8.71. The van der Waals surface area contributed by atoms with Crippen LogP contribution in [-0.4, -0.2) is 5.91 Å². The van der Waals surface area contributed by atoms with Crippen LogP contribution in [0, 0.1) is 6.92 Å². The van der Waals surface area contributed by atoms with Gasteiger partial charge in [-0.05, 0) is 43.2 Å². The number of rotatable bonds is 3. The van der Waals surface area contributed by atoms with Crippen LogP contribution in [0.15, 0.2) is 42.5 Å². The minimum Gasteiger partial charge on any atom is -0.398 e. The van der Waals surface area contributed by atoms with E-state index in [9.17, 15) is 4.79 Å². The van der Waals surface area contributed by atoms with Crippen molar-refractivity contribution in [2.45, 2.75) is 19.9 Å². The van der Waals surface area contributed by atoms with Crippen molar-refractivity contribution >= 4 is 23.2 Å². The fourth-order valence-electron chi connectivity index (χ4n) is 2.08.